The van der Waals surface area contributed by atoms with Crippen LogP contribution in [-0.4, -0.2) is 37.3 Å². The number of carboxylic acid groups (broad SMARTS) is 1. The lowest BCUT2D eigenvalue weighted by atomic mass is 10.1. The first-order valence-corrected chi connectivity index (χ1v) is 8.68. The molecule has 0 aromatic heterocycles. The van der Waals surface area contributed by atoms with Crippen molar-refractivity contribution in [3.63, 3.8) is 0 Å². The van der Waals surface area contributed by atoms with Crippen molar-refractivity contribution < 1.29 is 28.9 Å². The van der Waals surface area contributed by atoms with Gasteiger partial charge in [-0.3, -0.25) is 4.79 Å². The molecule has 2 aromatic carbocycles. The molecule has 4 rings (SSSR count). The van der Waals surface area contributed by atoms with Crippen molar-refractivity contribution in [3.8, 4) is 17.2 Å². The maximum absolute atomic E-state index is 12.5. The van der Waals surface area contributed by atoms with Crippen LogP contribution in [0.4, 0.5) is 5.69 Å². The molecule has 7 heteroatoms. The molecule has 0 spiro atoms. The number of rotatable bonds is 5. The summed E-state index contributed by atoms with van der Waals surface area (Å²) in [5, 5.41) is 12.0. The minimum absolute atomic E-state index is 0.0519. The first kappa shape index (κ1) is 17.2. The Kier molecular flexibility index (Phi) is 4.35. The molecule has 0 bridgehead atoms. The summed E-state index contributed by atoms with van der Waals surface area (Å²) < 4.78 is 16.2. The lowest BCUT2D eigenvalue weighted by Gasteiger charge is -2.18. The Bertz CT molecular complexity index is 909. The Labute approximate surface area is 155 Å². The van der Waals surface area contributed by atoms with E-state index in [-0.39, 0.29) is 29.1 Å². The number of carboxylic acids is 1. The number of nitrogens with one attached hydrogen (secondary N) is 1. The topological polar surface area (TPSA) is 94.1 Å². The highest BCUT2D eigenvalue weighted by molar-refractivity contribution is 5.97. The molecular weight excluding hydrogens is 350 g/mol. The molecule has 1 heterocycles. The lowest BCUT2D eigenvalue weighted by Crippen LogP contribution is -2.16. The van der Waals surface area contributed by atoms with Crippen molar-refractivity contribution in [2.45, 2.75) is 12.3 Å². The van der Waals surface area contributed by atoms with Gasteiger partial charge in [0.25, 0.3) is 0 Å². The second kappa shape index (κ2) is 6.83. The molecule has 1 amide bonds. The molecule has 0 saturated heterocycles. The zero-order valence-corrected chi connectivity index (χ0v) is 14.7. The summed E-state index contributed by atoms with van der Waals surface area (Å²) >= 11 is 0. The largest absolute Gasteiger partial charge is 0.496 e. The SMILES string of the molecule is COc1cc(NC(=O)C2CC2c2ccc3c(c2)OCCO3)ccc1C(=O)O. The number of hydrogen-bond acceptors (Lipinski definition) is 5. The standard InChI is InChI=1S/C20H19NO6/c1-25-17-9-12(3-4-13(17)20(23)24)21-19(22)15-10-14(15)11-2-5-16-18(8-11)27-7-6-26-16/h2-5,8-9,14-15H,6-7,10H2,1H3,(H,21,22)(H,23,24). The summed E-state index contributed by atoms with van der Waals surface area (Å²) in [5.74, 6) is 0.500. The second-order valence-corrected chi connectivity index (χ2v) is 6.56. The van der Waals surface area contributed by atoms with Gasteiger partial charge in [-0.05, 0) is 42.2 Å². The molecule has 1 fully saturated rings. The smallest absolute Gasteiger partial charge is 0.339 e. The van der Waals surface area contributed by atoms with E-state index in [1.165, 1.54) is 19.2 Å². The van der Waals surface area contributed by atoms with E-state index < -0.39 is 5.97 Å². The zero-order chi connectivity index (χ0) is 19.0. The monoisotopic (exact) mass is 369 g/mol. The summed E-state index contributed by atoms with van der Waals surface area (Å²) in [5.41, 5.74) is 1.61. The Balaban J connectivity index is 1.44. The van der Waals surface area contributed by atoms with Crippen LogP contribution in [0.5, 0.6) is 17.2 Å². The lowest BCUT2D eigenvalue weighted by molar-refractivity contribution is -0.117. The van der Waals surface area contributed by atoms with Gasteiger partial charge in [0.2, 0.25) is 5.91 Å². The molecule has 2 aliphatic rings. The number of benzene rings is 2. The number of hydrogen-bond donors (Lipinski definition) is 2. The third kappa shape index (κ3) is 3.40. The predicted octanol–water partition coefficient (Wildman–Crippen LogP) is 2.91. The van der Waals surface area contributed by atoms with E-state index in [0.29, 0.717) is 18.9 Å². The van der Waals surface area contributed by atoms with E-state index in [1.54, 1.807) is 6.07 Å². The van der Waals surface area contributed by atoms with Gasteiger partial charge in [0, 0.05) is 17.7 Å². The Morgan fingerprint density at radius 2 is 1.89 bits per heavy atom. The van der Waals surface area contributed by atoms with Crippen molar-refractivity contribution in [2.75, 3.05) is 25.6 Å². The predicted molar refractivity (Wildman–Crippen MR) is 96.9 cm³/mol. The van der Waals surface area contributed by atoms with Crippen molar-refractivity contribution in [2.24, 2.45) is 5.92 Å². The van der Waals surface area contributed by atoms with Crippen LogP contribution in [-0.2, 0) is 4.79 Å². The maximum Gasteiger partial charge on any atom is 0.339 e. The summed E-state index contributed by atoms with van der Waals surface area (Å²) in [7, 11) is 1.40. The highest BCUT2D eigenvalue weighted by Crippen LogP contribution is 2.49. The Morgan fingerprint density at radius 1 is 1.11 bits per heavy atom. The molecule has 27 heavy (non-hydrogen) atoms. The number of anilines is 1. The summed E-state index contributed by atoms with van der Waals surface area (Å²) in [6, 6.07) is 10.3. The molecule has 1 aliphatic heterocycles. The molecule has 1 saturated carbocycles. The number of methoxy groups -OCH3 is 1. The van der Waals surface area contributed by atoms with Crippen molar-refractivity contribution in [3.05, 3.63) is 47.5 Å². The minimum Gasteiger partial charge on any atom is -0.496 e. The van der Waals surface area contributed by atoms with Crippen molar-refractivity contribution in [1.29, 1.82) is 0 Å². The average Bonchev–Trinajstić information content (AvgIpc) is 3.48. The van der Waals surface area contributed by atoms with Crippen LogP contribution in [0.3, 0.4) is 0 Å². The van der Waals surface area contributed by atoms with E-state index in [4.69, 9.17) is 19.3 Å². The van der Waals surface area contributed by atoms with Gasteiger partial charge in [-0.1, -0.05) is 6.07 Å². The summed E-state index contributed by atoms with van der Waals surface area (Å²) in [6.45, 7) is 1.07. The minimum atomic E-state index is -1.08. The first-order chi connectivity index (χ1) is 13.1. The molecule has 2 N–H and O–H groups in total. The van der Waals surface area contributed by atoms with Gasteiger partial charge in [-0.15, -0.1) is 0 Å². The fraction of sp³-hybridized carbons (Fsp3) is 0.300. The van der Waals surface area contributed by atoms with Gasteiger partial charge in [-0.25, -0.2) is 4.79 Å². The summed E-state index contributed by atoms with van der Waals surface area (Å²) in [4.78, 5) is 23.7. The molecular formula is C20H19NO6. The molecule has 140 valence electrons. The van der Waals surface area contributed by atoms with E-state index in [9.17, 15) is 9.59 Å². The van der Waals surface area contributed by atoms with E-state index in [1.807, 2.05) is 18.2 Å². The average molecular weight is 369 g/mol. The van der Waals surface area contributed by atoms with E-state index >= 15 is 0 Å². The van der Waals surface area contributed by atoms with Crippen LogP contribution >= 0.6 is 0 Å². The van der Waals surface area contributed by atoms with Gasteiger partial charge < -0.3 is 24.6 Å². The molecule has 2 atom stereocenters. The van der Waals surface area contributed by atoms with Crippen molar-refractivity contribution in [1.82, 2.24) is 0 Å². The quantitative estimate of drug-likeness (QED) is 0.842. The molecule has 2 unspecified atom stereocenters. The van der Waals surface area contributed by atoms with Gasteiger partial charge >= 0.3 is 5.97 Å². The fourth-order valence-corrected chi connectivity index (χ4v) is 3.32. The van der Waals surface area contributed by atoms with Crippen LogP contribution in [0.2, 0.25) is 0 Å². The van der Waals surface area contributed by atoms with Crippen LogP contribution in [0.25, 0.3) is 0 Å². The van der Waals surface area contributed by atoms with Gasteiger partial charge in [0.1, 0.15) is 24.5 Å². The van der Waals surface area contributed by atoms with Crippen molar-refractivity contribution >= 4 is 17.6 Å². The van der Waals surface area contributed by atoms with Gasteiger partial charge in [0.15, 0.2) is 11.5 Å². The van der Waals surface area contributed by atoms with Gasteiger partial charge in [0.05, 0.1) is 7.11 Å². The van der Waals surface area contributed by atoms with Crippen LogP contribution in [0, 0.1) is 5.92 Å². The highest BCUT2D eigenvalue weighted by Gasteiger charge is 2.44. The summed E-state index contributed by atoms with van der Waals surface area (Å²) in [6.07, 6.45) is 0.760. The Morgan fingerprint density at radius 3 is 2.63 bits per heavy atom. The first-order valence-electron chi connectivity index (χ1n) is 8.68. The number of carbonyl (C=O) groups excluding carboxylic acids is 1. The Hall–Kier alpha value is -3.22. The number of amides is 1. The third-order valence-electron chi connectivity index (χ3n) is 4.82. The fourth-order valence-electron chi connectivity index (χ4n) is 3.32. The second-order valence-electron chi connectivity index (χ2n) is 6.56. The molecule has 0 radical (unpaired) electrons. The third-order valence-corrected chi connectivity index (χ3v) is 4.82. The molecule has 1 aliphatic carbocycles. The number of ether oxygens (including phenoxy) is 3. The number of fused-ring (bicyclic) bond motifs is 1. The van der Waals surface area contributed by atoms with Gasteiger partial charge in [-0.2, -0.15) is 0 Å². The van der Waals surface area contributed by atoms with Crippen LogP contribution < -0.4 is 19.5 Å². The number of aromatic carboxylic acids is 1. The number of carbonyl (C=O) groups is 2. The highest BCUT2D eigenvalue weighted by atomic mass is 16.6. The van der Waals surface area contributed by atoms with E-state index in [0.717, 1.165) is 23.5 Å². The molecule has 2 aromatic rings. The molecule has 7 nitrogen and oxygen atoms in total. The van der Waals surface area contributed by atoms with E-state index in [2.05, 4.69) is 5.32 Å². The normalized spacial score (nSPS) is 19.9. The van der Waals surface area contributed by atoms with Crippen LogP contribution in [0.15, 0.2) is 36.4 Å². The zero-order valence-electron chi connectivity index (χ0n) is 14.7. The maximum atomic E-state index is 12.5. The van der Waals surface area contributed by atoms with Crippen LogP contribution in [0.1, 0.15) is 28.3 Å².